The lowest BCUT2D eigenvalue weighted by Crippen LogP contribution is -2.14. The van der Waals surface area contributed by atoms with Crippen LogP contribution in [-0.4, -0.2) is 29.2 Å². The van der Waals surface area contributed by atoms with E-state index in [4.69, 9.17) is 21.1 Å². The molecule has 0 spiro atoms. The first-order valence-corrected chi connectivity index (χ1v) is 10.5. The lowest BCUT2D eigenvalue weighted by molar-refractivity contribution is -0.385. The van der Waals surface area contributed by atoms with Crippen LogP contribution in [0.1, 0.15) is 34.1 Å². The summed E-state index contributed by atoms with van der Waals surface area (Å²) in [5.74, 6) is -1.16. The first-order valence-electron chi connectivity index (χ1n) is 10.1. The summed E-state index contributed by atoms with van der Waals surface area (Å²) in [6, 6.07) is 16.1. The Hall–Kier alpha value is -4.24. The normalized spacial score (nSPS) is 10.3. The highest BCUT2D eigenvalue weighted by Gasteiger charge is 2.19. The van der Waals surface area contributed by atoms with Gasteiger partial charge in [-0.15, -0.1) is 0 Å². The van der Waals surface area contributed by atoms with Crippen LogP contribution >= 0.6 is 11.6 Å². The number of carbonyl (C=O) groups excluding carboxylic acids is 3. The zero-order valence-corrected chi connectivity index (χ0v) is 18.7. The number of hydrogen-bond donors (Lipinski definition) is 1. The largest absolute Gasteiger partial charge is 0.454 e. The summed E-state index contributed by atoms with van der Waals surface area (Å²) in [5, 5.41) is 13.9. The average Bonchev–Trinajstić information content (AvgIpc) is 2.84. The van der Waals surface area contributed by atoms with E-state index in [0.29, 0.717) is 12.1 Å². The van der Waals surface area contributed by atoms with Gasteiger partial charge in [-0.25, -0.2) is 4.79 Å². The summed E-state index contributed by atoms with van der Waals surface area (Å²) in [4.78, 5) is 46.5. The Balaban J connectivity index is 1.59. The number of nitrogens with one attached hydrogen (secondary N) is 1. The molecule has 174 valence electrons. The molecular weight excluding hydrogens is 464 g/mol. The van der Waals surface area contributed by atoms with Crippen molar-refractivity contribution in [1.29, 1.82) is 0 Å². The van der Waals surface area contributed by atoms with Crippen molar-refractivity contribution in [2.24, 2.45) is 0 Å². The third-order valence-corrected chi connectivity index (χ3v) is 4.90. The molecule has 10 heteroatoms. The van der Waals surface area contributed by atoms with Crippen LogP contribution in [0.4, 0.5) is 11.4 Å². The average molecular weight is 483 g/mol. The van der Waals surface area contributed by atoms with Crippen molar-refractivity contribution in [2.45, 2.75) is 13.3 Å². The van der Waals surface area contributed by atoms with Gasteiger partial charge in [0.05, 0.1) is 15.5 Å². The molecule has 0 heterocycles. The number of benzene rings is 3. The number of Topliss-reactive ketones (excluding diaryl/α,β-unsaturated/α-hetero) is 1. The molecule has 0 unspecified atom stereocenters. The monoisotopic (exact) mass is 482 g/mol. The second-order valence-corrected chi connectivity index (χ2v) is 7.36. The van der Waals surface area contributed by atoms with E-state index in [1.807, 2.05) is 0 Å². The van der Waals surface area contributed by atoms with Crippen molar-refractivity contribution in [1.82, 2.24) is 0 Å². The zero-order chi connectivity index (χ0) is 24.7. The molecule has 1 amide bonds. The summed E-state index contributed by atoms with van der Waals surface area (Å²) in [6.07, 6.45) is 0.332. The standard InChI is InChI=1S/C24H19ClN2O7/c1-2-22(29)26-17-10-6-16(7-11-17)24(30)33-14-21(28)15-8-12-18(13-9-15)34-23-19(25)4-3-5-20(23)27(31)32/h3-13H,2,14H2,1H3,(H,26,29). The first kappa shape index (κ1) is 24.4. The van der Waals surface area contributed by atoms with Crippen LogP contribution in [0.15, 0.2) is 66.7 Å². The van der Waals surface area contributed by atoms with Crippen molar-refractivity contribution in [3.8, 4) is 11.5 Å². The van der Waals surface area contributed by atoms with E-state index < -0.39 is 23.3 Å². The van der Waals surface area contributed by atoms with Crippen molar-refractivity contribution in [2.75, 3.05) is 11.9 Å². The molecule has 0 saturated carbocycles. The second-order valence-electron chi connectivity index (χ2n) is 6.95. The number of carbonyl (C=O) groups is 3. The number of anilines is 1. The minimum atomic E-state index is -0.687. The first-order chi connectivity index (χ1) is 16.3. The molecule has 3 aromatic rings. The number of nitrogens with zero attached hydrogens (tertiary/aromatic N) is 1. The highest BCUT2D eigenvalue weighted by molar-refractivity contribution is 6.32. The maximum absolute atomic E-state index is 12.4. The third kappa shape index (κ3) is 6.17. The fraction of sp³-hybridized carbons (Fsp3) is 0.125. The number of ketones is 1. The Morgan fingerprint density at radius 2 is 1.62 bits per heavy atom. The lowest BCUT2D eigenvalue weighted by atomic mass is 10.1. The lowest BCUT2D eigenvalue weighted by Gasteiger charge is -2.09. The van der Waals surface area contributed by atoms with Crippen LogP contribution in [0.3, 0.4) is 0 Å². The van der Waals surface area contributed by atoms with Gasteiger partial charge in [0.2, 0.25) is 11.7 Å². The minimum absolute atomic E-state index is 0.0713. The summed E-state index contributed by atoms with van der Waals surface area (Å²) in [6.45, 7) is 1.24. The van der Waals surface area contributed by atoms with Crippen LogP contribution in [0.25, 0.3) is 0 Å². The van der Waals surface area contributed by atoms with Crippen LogP contribution in [0, 0.1) is 10.1 Å². The van der Waals surface area contributed by atoms with E-state index in [1.54, 1.807) is 19.1 Å². The molecule has 1 N–H and O–H groups in total. The van der Waals surface area contributed by atoms with Gasteiger partial charge in [0.25, 0.3) is 0 Å². The molecule has 0 radical (unpaired) electrons. The van der Waals surface area contributed by atoms with Crippen molar-refractivity contribution in [3.63, 3.8) is 0 Å². The summed E-state index contributed by atoms with van der Waals surface area (Å²) in [7, 11) is 0. The number of ether oxygens (including phenoxy) is 2. The Kier molecular flexibility index (Phi) is 7.94. The molecule has 3 rings (SSSR count). The maximum atomic E-state index is 12.4. The fourth-order valence-corrected chi connectivity index (χ4v) is 3.01. The number of nitro groups is 1. The highest BCUT2D eigenvalue weighted by atomic mass is 35.5. The number of para-hydroxylation sites is 1. The zero-order valence-electron chi connectivity index (χ0n) is 17.9. The predicted octanol–water partition coefficient (Wildman–Crippen LogP) is 5.43. The van der Waals surface area contributed by atoms with Gasteiger partial charge >= 0.3 is 11.7 Å². The molecule has 0 aliphatic rings. The molecule has 0 bridgehead atoms. The van der Waals surface area contributed by atoms with Gasteiger partial charge in [-0.05, 0) is 54.6 Å². The molecule has 9 nitrogen and oxygen atoms in total. The molecule has 0 atom stereocenters. The van der Waals surface area contributed by atoms with E-state index >= 15 is 0 Å². The van der Waals surface area contributed by atoms with Crippen LogP contribution in [-0.2, 0) is 9.53 Å². The van der Waals surface area contributed by atoms with Crippen molar-refractivity contribution < 1.29 is 28.8 Å². The van der Waals surface area contributed by atoms with Gasteiger partial charge in [0.1, 0.15) is 5.75 Å². The number of hydrogen-bond acceptors (Lipinski definition) is 7. The van der Waals surface area contributed by atoms with Crippen molar-refractivity contribution >= 4 is 40.6 Å². The highest BCUT2D eigenvalue weighted by Crippen LogP contribution is 2.37. The SMILES string of the molecule is CCC(=O)Nc1ccc(C(=O)OCC(=O)c2ccc(Oc3c(Cl)cccc3[N+](=O)[O-])cc2)cc1. The fourth-order valence-electron chi connectivity index (χ4n) is 2.81. The number of halogens is 1. The number of nitro benzene ring substituents is 1. The van der Waals surface area contributed by atoms with E-state index in [-0.39, 0.29) is 39.2 Å². The van der Waals surface area contributed by atoms with Crippen molar-refractivity contribution in [3.05, 3.63) is 93.0 Å². The Morgan fingerprint density at radius 1 is 0.971 bits per heavy atom. The molecule has 0 aliphatic heterocycles. The molecule has 34 heavy (non-hydrogen) atoms. The number of rotatable bonds is 9. The number of amides is 1. The summed E-state index contributed by atoms with van der Waals surface area (Å²) >= 11 is 6.01. The van der Waals surface area contributed by atoms with Gasteiger partial charge < -0.3 is 14.8 Å². The Labute approximate surface area is 199 Å². The summed E-state index contributed by atoms with van der Waals surface area (Å²) in [5.41, 5.74) is 0.739. The van der Waals surface area contributed by atoms with Crippen LogP contribution in [0.5, 0.6) is 11.5 Å². The van der Waals surface area contributed by atoms with Gasteiger partial charge in [-0.1, -0.05) is 24.6 Å². The molecule has 3 aromatic carbocycles. The Bertz CT molecular complexity index is 1230. The van der Waals surface area contributed by atoms with Gasteiger partial charge in [-0.2, -0.15) is 0 Å². The molecule has 0 fully saturated rings. The smallest absolute Gasteiger partial charge is 0.338 e. The van der Waals surface area contributed by atoms with Crippen LogP contribution < -0.4 is 10.1 Å². The summed E-state index contributed by atoms with van der Waals surface area (Å²) < 4.78 is 10.6. The van der Waals surface area contributed by atoms with E-state index in [2.05, 4.69) is 5.32 Å². The predicted molar refractivity (Wildman–Crippen MR) is 125 cm³/mol. The van der Waals surface area contributed by atoms with Gasteiger partial charge in [0.15, 0.2) is 12.4 Å². The molecule has 0 aliphatic carbocycles. The molecule has 0 saturated heterocycles. The van der Waals surface area contributed by atoms with E-state index in [9.17, 15) is 24.5 Å². The topological polar surface area (TPSA) is 125 Å². The quantitative estimate of drug-likeness (QED) is 0.186. The number of esters is 1. The van der Waals surface area contributed by atoms with E-state index in [1.165, 1.54) is 54.6 Å². The third-order valence-electron chi connectivity index (χ3n) is 4.60. The van der Waals surface area contributed by atoms with Gasteiger partial charge in [0, 0.05) is 23.7 Å². The van der Waals surface area contributed by atoms with E-state index in [0.717, 1.165) is 0 Å². The Morgan fingerprint density at radius 3 is 2.24 bits per heavy atom. The van der Waals surface area contributed by atoms with Gasteiger partial charge in [-0.3, -0.25) is 19.7 Å². The van der Waals surface area contributed by atoms with Crippen LogP contribution in [0.2, 0.25) is 5.02 Å². The minimum Gasteiger partial charge on any atom is -0.454 e. The maximum Gasteiger partial charge on any atom is 0.338 e. The molecular formula is C24H19ClN2O7. The second kappa shape index (κ2) is 11.1. The molecule has 0 aromatic heterocycles.